The van der Waals surface area contributed by atoms with Crippen molar-refractivity contribution in [2.75, 3.05) is 0 Å². The Balaban J connectivity index is -0.0000000150. The summed E-state index contributed by atoms with van der Waals surface area (Å²) in [5.74, 6) is 5.36. The number of hydrogen-bond acceptors (Lipinski definition) is 0. The van der Waals surface area contributed by atoms with E-state index >= 15 is 0 Å². The van der Waals surface area contributed by atoms with Gasteiger partial charge in [0, 0.05) is 0 Å². The van der Waals surface area contributed by atoms with Crippen LogP contribution in [0.5, 0.6) is 0 Å². The Bertz CT molecular complexity index is 46.4. The van der Waals surface area contributed by atoms with Crippen molar-refractivity contribution in [3.05, 3.63) is 0 Å². The SMILES string of the molecule is CC#CC.[Br-].[Br-].[Mg+2]. The zero-order valence-electron chi connectivity index (χ0n) is 4.46. The Morgan fingerprint density at radius 1 is 0.857 bits per heavy atom. The maximum Gasteiger partial charge on any atom is 2.00 e. The van der Waals surface area contributed by atoms with Crippen molar-refractivity contribution in [3.8, 4) is 11.8 Å². The van der Waals surface area contributed by atoms with Crippen molar-refractivity contribution in [1.82, 2.24) is 0 Å². The molecule has 0 radical (unpaired) electrons. The van der Waals surface area contributed by atoms with Crippen LogP contribution in [0.3, 0.4) is 0 Å². The molecule has 0 saturated heterocycles. The predicted octanol–water partition coefficient (Wildman–Crippen LogP) is -5.34. The largest absolute Gasteiger partial charge is 2.00 e. The van der Waals surface area contributed by atoms with E-state index in [9.17, 15) is 0 Å². The van der Waals surface area contributed by atoms with Gasteiger partial charge >= 0.3 is 23.1 Å². The molecule has 3 heteroatoms. The fraction of sp³-hybridized carbons (Fsp3) is 0.500. The molecule has 0 nitrogen and oxygen atoms in total. The fourth-order valence-electron chi connectivity index (χ4n) is 0. The minimum absolute atomic E-state index is 0. The monoisotopic (exact) mass is 236 g/mol. The average molecular weight is 238 g/mol. The molecule has 0 atom stereocenters. The van der Waals surface area contributed by atoms with Crippen LogP contribution in [0.1, 0.15) is 13.8 Å². The minimum atomic E-state index is 0. The summed E-state index contributed by atoms with van der Waals surface area (Å²) >= 11 is 0. The topological polar surface area (TPSA) is 0 Å². The molecule has 0 aliphatic rings. The van der Waals surface area contributed by atoms with Crippen LogP contribution in [-0.4, -0.2) is 23.1 Å². The standard InChI is InChI=1S/C4H6.2BrH.Mg/c1-3-4-2;;;/h1-2H3;2*1H;/q;;;+2/p-2. The summed E-state index contributed by atoms with van der Waals surface area (Å²) in [7, 11) is 0. The van der Waals surface area contributed by atoms with E-state index in [-0.39, 0.29) is 57.0 Å². The van der Waals surface area contributed by atoms with Gasteiger partial charge in [-0.15, -0.1) is 11.8 Å². The summed E-state index contributed by atoms with van der Waals surface area (Å²) < 4.78 is 0. The molecule has 0 fully saturated rings. The molecule has 0 aromatic rings. The molecule has 0 rings (SSSR count). The van der Waals surface area contributed by atoms with Gasteiger partial charge in [-0.2, -0.15) is 0 Å². The van der Waals surface area contributed by atoms with Crippen molar-refractivity contribution in [3.63, 3.8) is 0 Å². The third-order valence-electron chi connectivity index (χ3n) is 0.250. The summed E-state index contributed by atoms with van der Waals surface area (Å²) in [4.78, 5) is 0. The van der Waals surface area contributed by atoms with Crippen molar-refractivity contribution in [1.29, 1.82) is 0 Å². The predicted molar refractivity (Wildman–Crippen MR) is 24.9 cm³/mol. The van der Waals surface area contributed by atoms with Crippen LogP contribution in [0, 0.1) is 11.8 Å². The normalized spacial score (nSPS) is 2.00. The van der Waals surface area contributed by atoms with E-state index in [1.165, 1.54) is 0 Å². The second-order valence-electron chi connectivity index (χ2n) is 0.500. The Labute approximate surface area is 82.1 Å². The molecule has 0 bridgehead atoms. The van der Waals surface area contributed by atoms with Crippen LogP contribution < -0.4 is 34.0 Å². The molecule has 0 heterocycles. The quantitative estimate of drug-likeness (QED) is 0.292. The van der Waals surface area contributed by atoms with Crippen LogP contribution >= 0.6 is 0 Å². The molecule has 0 aromatic heterocycles. The van der Waals surface area contributed by atoms with Gasteiger partial charge in [0.15, 0.2) is 0 Å². The Morgan fingerprint density at radius 3 is 1.00 bits per heavy atom. The minimum Gasteiger partial charge on any atom is -1.00 e. The summed E-state index contributed by atoms with van der Waals surface area (Å²) in [6.45, 7) is 3.64. The smallest absolute Gasteiger partial charge is 1.00 e. The first-order valence-electron chi connectivity index (χ1n) is 1.25. The first-order chi connectivity index (χ1) is 1.91. The first kappa shape index (κ1) is 23.9. The van der Waals surface area contributed by atoms with E-state index < -0.39 is 0 Å². The molecule has 0 N–H and O–H groups in total. The number of rotatable bonds is 0. The molecule has 0 spiro atoms. The molecule has 0 aliphatic heterocycles. The number of hydrogen-bond donors (Lipinski definition) is 0. The van der Waals surface area contributed by atoms with Crippen LogP contribution in [0.15, 0.2) is 0 Å². The molecule has 38 valence electrons. The molecule has 0 unspecified atom stereocenters. The molecule has 0 saturated carbocycles. The van der Waals surface area contributed by atoms with Gasteiger partial charge in [0.1, 0.15) is 0 Å². The van der Waals surface area contributed by atoms with Crippen molar-refractivity contribution in [2.45, 2.75) is 13.8 Å². The second kappa shape index (κ2) is 26.7. The summed E-state index contributed by atoms with van der Waals surface area (Å²) in [6, 6.07) is 0. The van der Waals surface area contributed by atoms with E-state index in [0.717, 1.165) is 0 Å². The zero-order chi connectivity index (χ0) is 3.41. The van der Waals surface area contributed by atoms with Crippen LogP contribution in [0.2, 0.25) is 0 Å². The molecular formula is C4H6Br2Mg. The van der Waals surface area contributed by atoms with Gasteiger partial charge in [-0.25, -0.2) is 0 Å². The van der Waals surface area contributed by atoms with Gasteiger partial charge in [0.05, 0.1) is 0 Å². The van der Waals surface area contributed by atoms with Crippen LogP contribution in [-0.2, 0) is 0 Å². The van der Waals surface area contributed by atoms with Gasteiger partial charge in [-0.05, 0) is 13.8 Å². The maximum absolute atomic E-state index is 2.68. The van der Waals surface area contributed by atoms with Gasteiger partial charge < -0.3 is 34.0 Å². The molecule has 0 aliphatic carbocycles. The van der Waals surface area contributed by atoms with Crippen LogP contribution in [0.4, 0.5) is 0 Å². The molecule has 0 aromatic carbocycles. The Kier molecular flexibility index (Phi) is 91.2. The third kappa shape index (κ3) is 39.0. The Hall–Kier alpha value is 1.29. The summed E-state index contributed by atoms with van der Waals surface area (Å²) in [5.41, 5.74) is 0. The summed E-state index contributed by atoms with van der Waals surface area (Å²) in [6.07, 6.45) is 0. The van der Waals surface area contributed by atoms with Crippen LogP contribution in [0.25, 0.3) is 0 Å². The first-order valence-corrected chi connectivity index (χ1v) is 1.25. The van der Waals surface area contributed by atoms with Gasteiger partial charge in [-0.1, -0.05) is 0 Å². The molecule has 7 heavy (non-hydrogen) atoms. The fourth-order valence-corrected chi connectivity index (χ4v) is 0. The summed E-state index contributed by atoms with van der Waals surface area (Å²) in [5, 5.41) is 0. The van der Waals surface area contributed by atoms with Gasteiger partial charge in [-0.3, -0.25) is 0 Å². The molecular weight excluding hydrogens is 232 g/mol. The Morgan fingerprint density at radius 2 is 1.00 bits per heavy atom. The molecule has 0 amide bonds. The zero-order valence-corrected chi connectivity index (χ0v) is 9.05. The maximum atomic E-state index is 2.68. The van der Waals surface area contributed by atoms with E-state index in [4.69, 9.17) is 0 Å². The van der Waals surface area contributed by atoms with Gasteiger partial charge in [0.25, 0.3) is 0 Å². The third-order valence-corrected chi connectivity index (χ3v) is 0.250. The van der Waals surface area contributed by atoms with Gasteiger partial charge in [0.2, 0.25) is 0 Å². The average Bonchev–Trinajstić information content (AvgIpc) is 1.37. The van der Waals surface area contributed by atoms with E-state index in [0.29, 0.717) is 0 Å². The number of halogens is 2. The second-order valence-corrected chi connectivity index (χ2v) is 0.500. The van der Waals surface area contributed by atoms with E-state index in [1.54, 1.807) is 0 Å². The van der Waals surface area contributed by atoms with E-state index in [2.05, 4.69) is 11.8 Å². The van der Waals surface area contributed by atoms with E-state index in [1.807, 2.05) is 13.8 Å². The van der Waals surface area contributed by atoms with Crippen molar-refractivity contribution in [2.24, 2.45) is 0 Å². The van der Waals surface area contributed by atoms with Crippen molar-refractivity contribution >= 4 is 23.1 Å². The van der Waals surface area contributed by atoms with Crippen molar-refractivity contribution < 1.29 is 34.0 Å².